The lowest BCUT2D eigenvalue weighted by atomic mass is 10.0. The van der Waals surface area contributed by atoms with E-state index in [4.69, 9.17) is 4.52 Å². The quantitative estimate of drug-likeness (QED) is 0.796. The summed E-state index contributed by atoms with van der Waals surface area (Å²) in [6.45, 7) is 4.81. The lowest BCUT2D eigenvalue weighted by Gasteiger charge is -2.20. The Morgan fingerprint density at radius 2 is 2.08 bits per heavy atom. The molecule has 136 valence electrons. The van der Waals surface area contributed by atoms with E-state index < -0.39 is 10.2 Å². The van der Waals surface area contributed by atoms with E-state index in [-0.39, 0.29) is 5.92 Å². The summed E-state index contributed by atoms with van der Waals surface area (Å²) in [5.41, 5.74) is 3.38. The van der Waals surface area contributed by atoms with Crippen LogP contribution in [-0.4, -0.2) is 59.3 Å². The molecular weight excluding hydrogens is 342 g/mol. The number of hydrogen-bond acceptors (Lipinski definition) is 6. The molecule has 0 spiro atoms. The molecule has 0 bridgehead atoms. The average Bonchev–Trinajstić information content (AvgIpc) is 3.15. The summed E-state index contributed by atoms with van der Waals surface area (Å²) >= 11 is 0. The molecule has 0 N–H and O–H groups in total. The van der Waals surface area contributed by atoms with Gasteiger partial charge in [-0.2, -0.15) is 17.0 Å². The molecule has 9 heteroatoms. The summed E-state index contributed by atoms with van der Waals surface area (Å²) in [5.74, 6) is 0.980. The van der Waals surface area contributed by atoms with Crippen molar-refractivity contribution >= 4 is 10.2 Å². The normalized spacial score (nSPS) is 19.0. The Hall–Kier alpha value is -1.84. The lowest BCUT2D eigenvalue weighted by molar-refractivity contribution is 0.393. The summed E-state index contributed by atoms with van der Waals surface area (Å²) in [7, 11) is -0.226. The first kappa shape index (κ1) is 18.0. The second-order valence-electron chi connectivity index (χ2n) is 6.60. The molecule has 1 unspecified atom stereocenters. The SMILES string of the molecule is Cc1noc(C)c1-c1cc(CC2CCN(S(=O)(=O)N(C)C)C2)ncn1. The van der Waals surface area contributed by atoms with E-state index >= 15 is 0 Å². The zero-order chi connectivity index (χ0) is 18.2. The molecule has 0 aromatic carbocycles. The molecule has 0 radical (unpaired) electrons. The fourth-order valence-electron chi connectivity index (χ4n) is 3.19. The molecule has 1 saturated heterocycles. The summed E-state index contributed by atoms with van der Waals surface area (Å²) in [4.78, 5) is 8.69. The molecule has 0 aliphatic carbocycles. The van der Waals surface area contributed by atoms with Crippen molar-refractivity contribution in [2.75, 3.05) is 27.2 Å². The summed E-state index contributed by atoms with van der Waals surface area (Å²) in [6.07, 6.45) is 3.09. The second kappa shape index (κ2) is 6.81. The van der Waals surface area contributed by atoms with Gasteiger partial charge in [-0.15, -0.1) is 0 Å². The molecule has 2 aromatic rings. The van der Waals surface area contributed by atoms with Crippen LogP contribution in [0.15, 0.2) is 16.9 Å². The monoisotopic (exact) mass is 365 g/mol. The maximum atomic E-state index is 12.2. The van der Waals surface area contributed by atoms with Crippen molar-refractivity contribution < 1.29 is 12.9 Å². The van der Waals surface area contributed by atoms with Crippen LogP contribution in [0.1, 0.15) is 23.6 Å². The van der Waals surface area contributed by atoms with Gasteiger partial charge in [0.25, 0.3) is 10.2 Å². The molecule has 1 atom stereocenters. The van der Waals surface area contributed by atoms with Gasteiger partial charge in [0.05, 0.1) is 17.0 Å². The zero-order valence-corrected chi connectivity index (χ0v) is 15.7. The van der Waals surface area contributed by atoms with Crippen molar-refractivity contribution in [1.29, 1.82) is 0 Å². The largest absolute Gasteiger partial charge is 0.361 e. The fraction of sp³-hybridized carbons (Fsp3) is 0.562. The summed E-state index contributed by atoms with van der Waals surface area (Å²) in [6, 6.07) is 1.94. The third-order valence-electron chi connectivity index (χ3n) is 4.55. The first-order chi connectivity index (χ1) is 11.8. The highest BCUT2D eigenvalue weighted by Gasteiger charge is 2.32. The molecule has 0 amide bonds. The Kier molecular flexibility index (Phi) is 4.90. The van der Waals surface area contributed by atoms with Gasteiger partial charge in [0, 0.05) is 32.9 Å². The highest BCUT2D eigenvalue weighted by atomic mass is 32.2. The Bertz CT molecular complexity index is 843. The minimum atomic E-state index is -3.34. The van der Waals surface area contributed by atoms with Gasteiger partial charge in [0.15, 0.2) is 0 Å². The van der Waals surface area contributed by atoms with E-state index in [1.165, 1.54) is 8.61 Å². The van der Waals surface area contributed by atoms with Gasteiger partial charge in [0.1, 0.15) is 12.1 Å². The van der Waals surface area contributed by atoms with Crippen molar-refractivity contribution in [3.05, 3.63) is 29.5 Å². The van der Waals surface area contributed by atoms with Gasteiger partial charge < -0.3 is 4.52 Å². The predicted octanol–water partition coefficient (Wildman–Crippen LogP) is 1.42. The number of rotatable bonds is 5. The van der Waals surface area contributed by atoms with Crippen molar-refractivity contribution in [1.82, 2.24) is 23.7 Å². The maximum absolute atomic E-state index is 12.2. The fourth-order valence-corrected chi connectivity index (χ4v) is 4.39. The number of aromatic nitrogens is 3. The first-order valence-corrected chi connectivity index (χ1v) is 9.60. The van der Waals surface area contributed by atoms with Gasteiger partial charge in [-0.1, -0.05) is 5.16 Å². The molecule has 1 aliphatic heterocycles. The zero-order valence-electron chi connectivity index (χ0n) is 14.9. The van der Waals surface area contributed by atoms with Crippen LogP contribution in [0.2, 0.25) is 0 Å². The Balaban J connectivity index is 1.74. The number of aryl methyl sites for hydroxylation is 2. The van der Waals surface area contributed by atoms with E-state index in [1.807, 2.05) is 19.9 Å². The highest BCUT2D eigenvalue weighted by Crippen LogP contribution is 2.27. The molecule has 25 heavy (non-hydrogen) atoms. The second-order valence-corrected chi connectivity index (χ2v) is 8.74. The minimum Gasteiger partial charge on any atom is -0.361 e. The lowest BCUT2D eigenvalue weighted by Crippen LogP contribution is -2.38. The van der Waals surface area contributed by atoms with Gasteiger partial charge in [0.2, 0.25) is 0 Å². The maximum Gasteiger partial charge on any atom is 0.281 e. The van der Waals surface area contributed by atoms with Gasteiger partial charge in [-0.25, -0.2) is 9.97 Å². The predicted molar refractivity (Wildman–Crippen MR) is 93.0 cm³/mol. The van der Waals surface area contributed by atoms with Crippen LogP contribution in [0, 0.1) is 19.8 Å². The van der Waals surface area contributed by atoms with Crippen LogP contribution < -0.4 is 0 Å². The Labute approximate surface area is 148 Å². The molecule has 1 aliphatic rings. The minimum absolute atomic E-state index is 0.252. The third-order valence-corrected chi connectivity index (χ3v) is 6.45. The summed E-state index contributed by atoms with van der Waals surface area (Å²) in [5, 5.41) is 3.97. The Morgan fingerprint density at radius 3 is 2.72 bits per heavy atom. The van der Waals surface area contributed by atoms with Crippen LogP contribution in [0.3, 0.4) is 0 Å². The van der Waals surface area contributed by atoms with Crippen LogP contribution in [0.5, 0.6) is 0 Å². The van der Waals surface area contributed by atoms with E-state index in [9.17, 15) is 8.42 Å². The highest BCUT2D eigenvalue weighted by molar-refractivity contribution is 7.86. The number of hydrogen-bond donors (Lipinski definition) is 0. The van der Waals surface area contributed by atoms with Crippen LogP contribution >= 0.6 is 0 Å². The molecule has 0 saturated carbocycles. The van der Waals surface area contributed by atoms with E-state index in [2.05, 4.69) is 15.1 Å². The number of nitrogens with zero attached hydrogens (tertiary/aromatic N) is 5. The van der Waals surface area contributed by atoms with Crippen LogP contribution in [0.4, 0.5) is 0 Å². The van der Waals surface area contributed by atoms with E-state index in [1.54, 1.807) is 20.4 Å². The van der Waals surface area contributed by atoms with Crippen molar-refractivity contribution in [2.24, 2.45) is 5.92 Å². The topological polar surface area (TPSA) is 92.4 Å². The molecule has 8 nitrogen and oxygen atoms in total. The van der Waals surface area contributed by atoms with E-state index in [0.29, 0.717) is 13.1 Å². The van der Waals surface area contributed by atoms with E-state index in [0.717, 1.165) is 41.2 Å². The van der Waals surface area contributed by atoms with Gasteiger partial charge >= 0.3 is 0 Å². The van der Waals surface area contributed by atoms with Gasteiger partial charge in [-0.3, -0.25) is 0 Å². The van der Waals surface area contributed by atoms with Crippen LogP contribution in [0.25, 0.3) is 11.3 Å². The van der Waals surface area contributed by atoms with Crippen molar-refractivity contribution in [2.45, 2.75) is 26.7 Å². The first-order valence-electron chi connectivity index (χ1n) is 8.20. The van der Waals surface area contributed by atoms with Gasteiger partial charge in [-0.05, 0) is 38.7 Å². The molecule has 3 heterocycles. The molecule has 1 fully saturated rings. The molecule has 2 aromatic heterocycles. The van der Waals surface area contributed by atoms with Crippen molar-refractivity contribution in [3.8, 4) is 11.3 Å². The third kappa shape index (κ3) is 3.58. The standard InChI is InChI=1S/C16H23N5O3S/c1-11-16(12(2)24-19-11)15-8-14(17-10-18-15)7-13-5-6-21(9-13)25(22,23)20(3)4/h8,10,13H,5-7,9H2,1-4H3. The van der Waals surface area contributed by atoms with Crippen LogP contribution in [-0.2, 0) is 16.6 Å². The average molecular weight is 365 g/mol. The smallest absolute Gasteiger partial charge is 0.281 e. The van der Waals surface area contributed by atoms with Crippen molar-refractivity contribution in [3.63, 3.8) is 0 Å². The Morgan fingerprint density at radius 1 is 1.32 bits per heavy atom. The summed E-state index contributed by atoms with van der Waals surface area (Å²) < 4.78 is 32.5. The molecular formula is C16H23N5O3S. The molecule has 3 rings (SSSR count).